The maximum Gasteiger partial charge on any atom is 0.224 e. The van der Waals surface area contributed by atoms with Crippen LogP contribution in [0.4, 0.5) is 5.82 Å². The smallest absolute Gasteiger partial charge is 0.224 e. The number of nitrogens with one attached hydrogen (secondary N) is 1. The van der Waals surface area contributed by atoms with Crippen LogP contribution in [0, 0.1) is 11.3 Å². The summed E-state index contributed by atoms with van der Waals surface area (Å²) in [6.45, 7) is 0. The fourth-order valence-electron chi connectivity index (χ4n) is 1.19. The van der Waals surface area contributed by atoms with E-state index in [2.05, 4.69) is 15.4 Å². The Balaban J connectivity index is 2.16. The number of nitrogens with two attached hydrogens (primary N) is 1. The van der Waals surface area contributed by atoms with Gasteiger partial charge in [0.05, 0.1) is 11.6 Å². The van der Waals surface area contributed by atoms with Gasteiger partial charge in [-0.2, -0.15) is 5.26 Å². The van der Waals surface area contributed by atoms with Gasteiger partial charge in [-0.15, -0.1) is 0 Å². The molecule has 0 aliphatic heterocycles. The number of nitrogen functional groups attached to an aromatic ring is 1. The molecule has 0 amide bonds. The highest BCUT2D eigenvalue weighted by Crippen LogP contribution is 2.20. The van der Waals surface area contributed by atoms with Gasteiger partial charge in [0.2, 0.25) is 5.88 Å². The monoisotopic (exact) mass is 227 g/mol. The lowest BCUT2D eigenvalue weighted by molar-refractivity contribution is 0.462. The fourth-order valence-corrected chi connectivity index (χ4v) is 1.19. The van der Waals surface area contributed by atoms with Gasteiger partial charge in [-0.25, -0.2) is 15.8 Å². The van der Waals surface area contributed by atoms with Crippen LogP contribution in [0.25, 0.3) is 0 Å². The largest absolute Gasteiger partial charge is 0.439 e. The number of hydrazine groups is 1. The van der Waals surface area contributed by atoms with Crippen molar-refractivity contribution in [3.63, 3.8) is 0 Å². The van der Waals surface area contributed by atoms with Crippen LogP contribution in [0.2, 0.25) is 0 Å². The molecule has 0 spiro atoms. The zero-order valence-corrected chi connectivity index (χ0v) is 8.79. The Morgan fingerprint density at radius 1 is 1.24 bits per heavy atom. The first kappa shape index (κ1) is 10.9. The minimum atomic E-state index is 0.373. The molecule has 0 radical (unpaired) electrons. The number of nitrogens with zero attached hydrogens (tertiary/aromatic N) is 3. The molecule has 1 aromatic carbocycles. The summed E-state index contributed by atoms with van der Waals surface area (Å²) < 4.78 is 5.46. The standard InChI is InChI=1S/C11H9N5O/c12-6-8-1-3-9(4-2-8)17-11-5-10(16-13)14-7-15-11/h1-5,7H,13H2,(H,14,15,16). The average Bonchev–Trinajstić information content (AvgIpc) is 2.40. The van der Waals surface area contributed by atoms with Crippen molar-refractivity contribution in [2.24, 2.45) is 5.84 Å². The second-order valence-corrected chi connectivity index (χ2v) is 3.12. The Kier molecular flexibility index (Phi) is 3.14. The zero-order chi connectivity index (χ0) is 12.1. The molecule has 0 saturated carbocycles. The highest BCUT2D eigenvalue weighted by Gasteiger charge is 2.00. The highest BCUT2D eigenvalue weighted by molar-refractivity contribution is 5.39. The molecule has 0 unspecified atom stereocenters. The third-order valence-electron chi connectivity index (χ3n) is 2.00. The molecule has 0 aliphatic rings. The van der Waals surface area contributed by atoms with E-state index in [4.69, 9.17) is 15.8 Å². The lowest BCUT2D eigenvalue weighted by atomic mass is 10.2. The Morgan fingerprint density at radius 2 is 2.00 bits per heavy atom. The van der Waals surface area contributed by atoms with Crippen LogP contribution in [0.3, 0.4) is 0 Å². The van der Waals surface area contributed by atoms with Crippen LogP contribution in [-0.4, -0.2) is 9.97 Å². The summed E-state index contributed by atoms with van der Waals surface area (Å²) in [7, 11) is 0. The van der Waals surface area contributed by atoms with Gasteiger partial charge < -0.3 is 10.2 Å². The van der Waals surface area contributed by atoms with E-state index < -0.39 is 0 Å². The first-order valence-corrected chi connectivity index (χ1v) is 4.78. The zero-order valence-electron chi connectivity index (χ0n) is 8.79. The lowest BCUT2D eigenvalue weighted by Crippen LogP contribution is -2.08. The van der Waals surface area contributed by atoms with E-state index >= 15 is 0 Å². The molecule has 17 heavy (non-hydrogen) atoms. The third kappa shape index (κ3) is 2.68. The van der Waals surface area contributed by atoms with E-state index in [0.29, 0.717) is 23.0 Å². The molecular formula is C11H9N5O. The molecule has 0 atom stereocenters. The highest BCUT2D eigenvalue weighted by atomic mass is 16.5. The van der Waals surface area contributed by atoms with E-state index in [1.54, 1.807) is 30.3 Å². The Hall–Kier alpha value is -2.65. The molecule has 3 N–H and O–H groups in total. The summed E-state index contributed by atoms with van der Waals surface area (Å²) >= 11 is 0. The second kappa shape index (κ2) is 4.92. The predicted octanol–water partition coefficient (Wildman–Crippen LogP) is 1.43. The maximum atomic E-state index is 8.65. The number of rotatable bonds is 3. The summed E-state index contributed by atoms with van der Waals surface area (Å²) in [5.41, 5.74) is 2.97. The summed E-state index contributed by atoms with van der Waals surface area (Å²) in [5, 5.41) is 8.65. The molecule has 1 heterocycles. The summed E-state index contributed by atoms with van der Waals surface area (Å²) in [6.07, 6.45) is 1.34. The topological polar surface area (TPSA) is 96.8 Å². The summed E-state index contributed by atoms with van der Waals surface area (Å²) in [5.74, 6) is 6.64. The maximum absolute atomic E-state index is 8.65. The molecule has 1 aromatic heterocycles. The van der Waals surface area contributed by atoms with Gasteiger partial charge in [-0.3, -0.25) is 0 Å². The van der Waals surface area contributed by atoms with Gasteiger partial charge in [-0.1, -0.05) is 0 Å². The molecule has 6 heteroatoms. The van der Waals surface area contributed by atoms with Crippen molar-refractivity contribution in [2.45, 2.75) is 0 Å². The number of hydrogen-bond donors (Lipinski definition) is 2. The minimum absolute atomic E-state index is 0.373. The van der Waals surface area contributed by atoms with Gasteiger partial charge in [0.15, 0.2) is 0 Å². The van der Waals surface area contributed by atoms with E-state index in [9.17, 15) is 0 Å². The molecule has 0 saturated heterocycles. The first-order chi connectivity index (χ1) is 8.31. The van der Waals surface area contributed by atoms with Crippen molar-refractivity contribution in [3.8, 4) is 17.7 Å². The first-order valence-electron chi connectivity index (χ1n) is 4.78. The Labute approximate surface area is 97.7 Å². The van der Waals surface area contributed by atoms with Gasteiger partial charge >= 0.3 is 0 Å². The van der Waals surface area contributed by atoms with E-state index in [1.165, 1.54) is 6.33 Å². The summed E-state index contributed by atoms with van der Waals surface area (Å²) in [6, 6.07) is 10.3. The van der Waals surface area contributed by atoms with Gasteiger partial charge in [-0.05, 0) is 24.3 Å². The van der Waals surface area contributed by atoms with Crippen LogP contribution in [0.5, 0.6) is 11.6 Å². The summed E-state index contributed by atoms with van der Waals surface area (Å²) in [4.78, 5) is 7.79. The minimum Gasteiger partial charge on any atom is -0.439 e. The number of benzene rings is 1. The van der Waals surface area contributed by atoms with Crippen molar-refractivity contribution in [3.05, 3.63) is 42.2 Å². The molecule has 0 aliphatic carbocycles. The van der Waals surface area contributed by atoms with Crippen LogP contribution in [0.1, 0.15) is 5.56 Å². The van der Waals surface area contributed by atoms with E-state index in [-0.39, 0.29) is 0 Å². The van der Waals surface area contributed by atoms with Crippen molar-refractivity contribution < 1.29 is 4.74 Å². The second-order valence-electron chi connectivity index (χ2n) is 3.12. The quantitative estimate of drug-likeness (QED) is 0.608. The average molecular weight is 227 g/mol. The van der Waals surface area contributed by atoms with Crippen LogP contribution in [0.15, 0.2) is 36.7 Å². The molecular weight excluding hydrogens is 218 g/mol. The molecule has 2 rings (SSSR count). The molecule has 0 fully saturated rings. The van der Waals surface area contributed by atoms with E-state index in [0.717, 1.165) is 0 Å². The van der Waals surface area contributed by atoms with Crippen LogP contribution in [-0.2, 0) is 0 Å². The van der Waals surface area contributed by atoms with Crippen molar-refractivity contribution in [1.29, 1.82) is 5.26 Å². The third-order valence-corrected chi connectivity index (χ3v) is 2.00. The van der Waals surface area contributed by atoms with E-state index in [1.807, 2.05) is 6.07 Å². The van der Waals surface area contributed by atoms with Crippen molar-refractivity contribution >= 4 is 5.82 Å². The fraction of sp³-hybridized carbons (Fsp3) is 0. The molecule has 2 aromatic rings. The normalized spacial score (nSPS) is 9.41. The number of ether oxygens (including phenoxy) is 1. The van der Waals surface area contributed by atoms with Gasteiger partial charge in [0.25, 0.3) is 0 Å². The Bertz CT molecular complexity index is 547. The number of nitriles is 1. The lowest BCUT2D eigenvalue weighted by Gasteiger charge is -2.05. The number of anilines is 1. The Morgan fingerprint density at radius 3 is 2.65 bits per heavy atom. The molecule has 0 bridgehead atoms. The van der Waals surface area contributed by atoms with Gasteiger partial charge in [0, 0.05) is 6.07 Å². The molecule has 6 nitrogen and oxygen atoms in total. The molecule has 84 valence electrons. The van der Waals surface area contributed by atoms with Crippen LogP contribution < -0.4 is 16.0 Å². The van der Waals surface area contributed by atoms with Gasteiger partial charge in [0.1, 0.15) is 17.9 Å². The van der Waals surface area contributed by atoms with Crippen molar-refractivity contribution in [2.75, 3.05) is 5.43 Å². The SMILES string of the molecule is N#Cc1ccc(Oc2cc(NN)ncn2)cc1. The van der Waals surface area contributed by atoms with Crippen LogP contribution >= 0.6 is 0 Å². The van der Waals surface area contributed by atoms with Crippen molar-refractivity contribution in [1.82, 2.24) is 9.97 Å². The number of hydrogen-bond acceptors (Lipinski definition) is 6. The number of aromatic nitrogens is 2. The predicted molar refractivity (Wildman–Crippen MR) is 61.1 cm³/mol.